The minimum absolute atomic E-state index is 0.0964. The van der Waals surface area contributed by atoms with Crippen LogP contribution in [0.5, 0.6) is 0 Å². The lowest BCUT2D eigenvalue weighted by atomic mass is 10.2. The van der Waals surface area contributed by atoms with E-state index in [1.807, 2.05) is 0 Å². The molecule has 2 atom stereocenters. The van der Waals surface area contributed by atoms with Crippen molar-refractivity contribution in [1.82, 2.24) is 10.6 Å². The molecule has 1 rings (SSSR count). The fraction of sp³-hybridized carbons (Fsp3) is 0.900. The molecule has 14 heavy (non-hydrogen) atoms. The van der Waals surface area contributed by atoms with Crippen LogP contribution in [0.15, 0.2) is 0 Å². The van der Waals surface area contributed by atoms with Crippen molar-refractivity contribution >= 4 is 6.09 Å². The number of carbonyl (C=O) groups is 1. The Bertz CT molecular complexity index is 185. The van der Waals surface area contributed by atoms with Crippen LogP contribution in [0.1, 0.15) is 39.5 Å². The first kappa shape index (κ1) is 11.3. The van der Waals surface area contributed by atoms with E-state index >= 15 is 0 Å². The van der Waals surface area contributed by atoms with Gasteiger partial charge in [-0.15, -0.1) is 0 Å². The van der Waals surface area contributed by atoms with Gasteiger partial charge in [-0.1, -0.05) is 13.3 Å². The fourth-order valence-corrected chi connectivity index (χ4v) is 1.53. The smallest absolute Gasteiger partial charge is 0.408 e. The summed E-state index contributed by atoms with van der Waals surface area (Å²) < 4.78 is 4.99. The Balaban J connectivity index is 2.08. The van der Waals surface area contributed by atoms with E-state index in [0.717, 1.165) is 25.7 Å². The molecule has 4 heteroatoms. The number of ether oxygens (including phenoxy) is 1. The van der Waals surface area contributed by atoms with Crippen molar-refractivity contribution in [1.29, 1.82) is 0 Å². The molecule has 1 amide bonds. The maximum Gasteiger partial charge on any atom is 0.408 e. The lowest BCUT2D eigenvalue weighted by Gasteiger charge is -2.13. The molecule has 0 spiro atoms. The van der Waals surface area contributed by atoms with Gasteiger partial charge in [0.2, 0.25) is 0 Å². The van der Waals surface area contributed by atoms with E-state index in [0.29, 0.717) is 12.6 Å². The molecule has 0 saturated carbocycles. The molecule has 82 valence electrons. The lowest BCUT2D eigenvalue weighted by Crippen LogP contribution is -2.43. The third kappa shape index (κ3) is 3.96. The minimum atomic E-state index is -0.301. The van der Waals surface area contributed by atoms with Gasteiger partial charge in [-0.05, 0) is 26.2 Å². The Labute approximate surface area is 85.4 Å². The summed E-state index contributed by atoms with van der Waals surface area (Å²) in [7, 11) is 0. The highest BCUT2D eigenvalue weighted by molar-refractivity contribution is 5.67. The molecule has 1 aliphatic rings. The van der Waals surface area contributed by atoms with E-state index in [4.69, 9.17) is 4.74 Å². The zero-order chi connectivity index (χ0) is 10.4. The minimum Gasteiger partial charge on any atom is -0.450 e. The lowest BCUT2D eigenvalue weighted by molar-refractivity contribution is 0.139. The average molecular weight is 200 g/mol. The summed E-state index contributed by atoms with van der Waals surface area (Å²) in [6.45, 7) is 4.70. The number of hydrogen-bond donors (Lipinski definition) is 2. The molecule has 0 bridgehead atoms. The number of nitrogens with one attached hydrogen (secondary N) is 2. The van der Waals surface area contributed by atoms with E-state index in [2.05, 4.69) is 24.5 Å². The highest BCUT2D eigenvalue weighted by atomic mass is 16.5. The molecule has 1 unspecified atom stereocenters. The SMILES string of the molecule is CCCCOC(=O)NC1CC[C@H](C)N1. The summed E-state index contributed by atoms with van der Waals surface area (Å²) in [5.74, 6) is 0. The number of alkyl carbamates (subject to hydrolysis) is 1. The summed E-state index contributed by atoms with van der Waals surface area (Å²) in [4.78, 5) is 11.2. The second-order valence-electron chi connectivity index (χ2n) is 3.83. The summed E-state index contributed by atoms with van der Waals surface area (Å²) in [5, 5.41) is 6.06. The van der Waals surface area contributed by atoms with Crippen LogP contribution in [-0.4, -0.2) is 24.9 Å². The topological polar surface area (TPSA) is 50.4 Å². The predicted molar refractivity (Wildman–Crippen MR) is 55.0 cm³/mol. The van der Waals surface area contributed by atoms with Gasteiger partial charge in [-0.25, -0.2) is 4.79 Å². The molecule has 2 N–H and O–H groups in total. The molecule has 1 aliphatic heterocycles. The van der Waals surface area contributed by atoms with Crippen molar-refractivity contribution in [3.8, 4) is 0 Å². The Morgan fingerprint density at radius 1 is 1.57 bits per heavy atom. The van der Waals surface area contributed by atoms with E-state index in [1.165, 1.54) is 0 Å². The van der Waals surface area contributed by atoms with Crippen molar-refractivity contribution < 1.29 is 9.53 Å². The molecule has 1 heterocycles. The maximum absolute atomic E-state index is 11.2. The second kappa shape index (κ2) is 5.86. The van der Waals surface area contributed by atoms with Gasteiger partial charge in [0.25, 0.3) is 0 Å². The van der Waals surface area contributed by atoms with Crippen molar-refractivity contribution in [2.24, 2.45) is 0 Å². The van der Waals surface area contributed by atoms with Crippen molar-refractivity contribution in [2.45, 2.75) is 51.7 Å². The molecule has 4 nitrogen and oxygen atoms in total. The summed E-state index contributed by atoms with van der Waals surface area (Å²) >= 11 is 0. The monoisotopic (exact) mass is 200 g/mol. The predicted octanol–water partition coefficient (Wildman–Crippen LogP) is 1.61. The molecule has 1 fully saturated rings. The molecular formula is C10H20N2O2. The van der Waals surface area contributed by atoms with Gasteiger partial charge in [0.15, 0.2) is 0 Å². The third-order valence-corrected chi connectivity index (χ3v) is 2.40. The summed E-state index contributed by atoms with van der Waals surface area (Å²) in [5.41, 5.74) is 0. The number of amides is 1. The zero-order valence-electron chi connectivity index (χ0n) is 9.01. The number of unbranched alkanes of at least 4 members (excludes halogenated alkanes) is 1. The standard InChI is InChI=1S/C10H20N2O2/c1-3-4-7-14-10(13)12-9-6-5-8(2)11-9/h8-9,11H,3-7H2,1-2H3,(H,12,13)/t8-,9?/m0/s1. The van der Waals surface area contributed by atoms with Crippen molar-refractivity contribution in [3.63, 3.8) is 0 Å². The van der Waals surface area contributed by atoms with Crippen LogP contribution in [-0.2, 0) is 4.74 Å². The first-order chi connectivity index (χ1) is 6.72. The third-order valence-electron chi connectivity index (χ3n) is 2.40. The Kier molecular flexibility index (Phi) is 4.73. The van der Waals surface area contributed by atoms with E-state index in [1.54, 1.807) is 0 Å². The second-order valence-corrected chi connectivity index (χ2v) is 3.83. The normalized spacial score (nSPS) is 26.1. The van der Waals surface area contributed by atoms with Crippen LogP contribution in [0, 0.1) is 0 Å². The number of carbonyl (C=O) groups excluding carboxylic acids is 1. The van der Waals surface area contributed by atoms with Crippen LogP contribution in [0.3, 0.4) is 0 Å². The molecule has 0 aromatic carbocycles. The zero-order valence-corrected chi connectivity index (χ0v) is 9.01. The largest absolute Gasteiger partial charge is 0.450 e. The van der Waals surface area contributed by atoms with Crippen LogP contribution < -0.4 is 10.6 Å². The highest BCUT2D eigenvalue weighted by Crippen LogP contribution is 2.09. The van der Waals surface area contributed by atoms with Crippen LogP contribution in [0.4, 0.5) is 4.79 Å². The summed E-state index contributed by atoms with van der Waals surface area (Å²) in [6, 6.07) is 0.496. The molecule has 0 radical (unpaired) electrons. The highest BCUT2D eigenvalue weighted by Gasteiger charge is 2.21. The van der Waals surface area contributed by atoms with E-state index < -0.39 is 0 Å². The quantitative estimate of drug-likeness (QED) is 0.678. The molecular weight excluding hydrogens is 180 g/mol. The van der Waals surface area contributed by atoms with Crippen molar-refractivity contribution in [3.05, 3.63) is 0 Å². The van der Waals surface area contributed by atoms with Gasteiger partial charge in [-0.3, -0.25) is 5.32 Å². The Morgan fingerprint density at radius 3 is 2.93 bits per heavy atom. The summed E-state index contributed by atoms with van der Waals surface area (Å²) in [6.07, 6.45) is 3.88. The van der Waals surface area contributed by atoms with Crippen LogP contribution >= 0.6 is 0 Å². The van der Waals surface area contributed by atoms with E-state index in [9.17, 15) is 4.79 Å². The molecule has 0 aliphatic carbocycles. The van der Waals surface area contributed by atoms with Gasteiger partial charge in [0.05, 0.1) is 12.8 Å². The Hall–Kier alpha value is -0.770. The van der Waals surface area contributed by atoms with Gasteiger partial charge in [-0.2, -0.15) is 0 Å². The number of hydrogen-bond acceptors (Lipinski definition) is 3. The average Bonchev–Trinajstić information content (AvgIpc) is 2.52. The van der Waals surface area contributed by atoms with Gasteiger partial charge < -0.3 is 10.1 Å². The molecule has 1 saturated heterocycles. The molecule has 0 aromatic heterocycles. The van der Waals surface area contributed by atoms with Crippen LogP contribution in [0.25, 0.3) is 0 Å². The number of rotatable bonds is 4. The van der Waals surface area contributed by atoms with Crippen molar-refractivity contribution in [2.75, 3.05) is 6.61 Å². The van der Waals surface area contributed by atoms with Crippen LogP contribution in [0.2, 0.25) is 0 Å². The van der Waals surface area contributed by atoms with Gasteiger partial charge in [0, 0.05) is 6.04 Å². The Morgan fingerprint density at radius 2 is 2.36 bits per heavy atom. The van der Waals surface area contributed by atoms with E-state index in [-0.39, 0.29) is 12.3 Å². The van der Waals surface area contributed by atoms with Gasteiger partial charge >= 0.3 is 6.09 Å². The fourth-order valence-electron chi connectivity index (χ4n) is 1.53. The maximum atomic E-state index is 11.2. The first-order valence-corrected chi connectivity index (χ1v) is 5.41. The van der Waals surface area contributed by atoms with Gasteiger partial charge in [0.1, 0.15) is 0 Å². The first-order valence-electron chi connectivity index (χ1n) is 5.41. The molecule has 0 aromatic rings.